The normalized spacial score (nSPS) is 32.5. The van der Waals surface area contributed by atoms with Gasteiger partial charge in [-0.15, -0.1) is 0 Å². The number of nitrogens with one attached hydrogen (secondary N) is 2. The number of amides is 2. The van der Waals surface area contributed by atoms with Crippen molar-refractivity contribution in [1.29, 1.82) is 0 Å². The van der Waals surface area contributed by atoms with Gasteiger partial charge in [0.1, 0.15) is 11.7 Å². The summed E-state index contributed by atoms with van der Waals surface area (Å²) in [5, 5.41) is 32.5. The van der Waals surface area contributed by atoms with Gasteiger partial charge in [0.05, 0.1) is 13.2 Å². The predicted octanol–water partition coefficient (Wildman–Crippen LogP) is 2.80. The molecule has 3 aromatic carbocycles. The van der Waals surface area contributed by atoms with E-state index in [1.807, 2.05) is 24.3 Å². The molecule has 10 heteroatoms. The van der Waals surface area contributed by atoms with E-state index in [0.717, 1.165) is 21.5 Å². The average Bonchev–Trinajstić information content (AvgIpc) is 3.22. The lowest BCUT2D eigenvalue weighted by Gasteiger charge is -2.51. The van der Waals surface area contributed by atoms with Gasteiger partial charge in [-0.1, -0.05) is 48.5 Å². The number of fused-ring (bicyclic) bond motifs is 7. The SMILES string of the molecule is CC1(C)OC[C@@](C)([C@H](O)[C@@]23NC(=O)[C@@](O)(NC2=O)C(CSCc2c4ccccc4cc4ccccc24)CCO3)O1. The number of ether oxygens (including phenoxy) is 3. The molecule has 212 valence electrons. The maximum atomic E-state index is 13.5. The summed E-state index contributed by atoms with van der Waals surface area (Å²) in [6.07, 6.45) is -1.30. The minimum Gasteiger partial charge on any atom is -0.384 e. The maximum absolute atomic E-state index is 13.5. The fraction of sp³-hybridized carbons (Fsp3) is 0.467. The number of hydrogen-bond donors (Lipinski definition) is 4. The molecule has 2 bridgehead atoms. The highest BCUT2D eigenvalue weighted by Crippen LogP contribution is 2.41. The first kappa shape index (κ1) is 27.4. The van der Waals surface area contributed by atoms with Crippen LogP contribution in [0, 0.1) is 5.92 Å². The molecular formula is C30H34N2O7S. The van der Waals surface area contributed by atoms with Crippen LogP contribution < -0.4 is 10.6 Å². The van der Waals surface area contributed by atoms with Crippen molar-refractivity contribution in [1.82, 2.24) is 10.6 Å². The van der Waals surface area contributed by atoms with Gasteiger partial charge in [0.25, 0.3) is 17.5 Å². The molecule has 5 atom stereocenters. The zero-order chi connectivity index (χ0) is 28.3. The largest absolute Gasteiger partial charge is 0.384 e. The molecule has 2 amide bonds. The lowest BCUT2D eigenvalue weighted by molar-refractivity contribution is -0.247. The lowest BCUT2D eigenvalue weighted by atomic mass is 9.83. The molecule has 4 saturated heterocycles. The number of rotatable bonds is 6. The Kier molecular flexibility index (Phi) is 6.64. The number of carbonyl (C=O) groups excluding carboxylic acids is 2. The molecule has 1 unspecified atom stereocenters. The minimum absolute atomic E-state index is 0.0121. The van der Waals surface area contributed by atoms with Crippen molar-refractivity contribution in [2.45, 2.75) is 61.9 Å². The number of carbonyl (C=O) groups is 2. The van der Waals surface area contributed by atoms with E-state index in [1.165, 1.54) is 5.56 Å². The van der Waals surface area contributed by atoms with Crippen molar-refractivity contribution < 1.29 is 34.0 Å². The Bertz CT molecular complexity index is 1440. The third-order valence-corrected chi connectivity index (χ3v) is 9.40. The third kappa shape index (κ3) is 4.38. The number of piperazine rings is 1. The summed E-state index contributed by atoms with van der Waals surface area (Å²) in [6.45, 7) is 5.02. The van der Waals surface area contributed by atoms with Crippen LogP contribution in [0.15, 0.2) is 54.6 Å². The van der Waals surface area contributed by atoms with Crippen molar-refractivity contribution in [2.75, 3.05) is 19.0 Å². The van der Waals surface area contributed by atoms with Crippen LogP contribution in [0.25, 0.3) is 21.5 Å². The summed E-state index contributed by atoms with van der Waals surface area (Å²) in [5.74, 6) is -2.22. The smallest absolute Gasteiger partial charge is 0.278 e. The molecule has 0 aromatic heterocycles. The number of aliphatic hydroxyl groups is 2. The fourth-order valence-electron chi connectivity index (χ4n) is 6.15. The zero-order valence-corrected chi connectivity index (χ0v) is 23.5. The molecule has 4 fully saturated rings. The summed E-state index contributed by atoms with van der Waals surface area (Å²) in [7, 11) is 0. The number of benzene rings is 3. The summed E-state index contributed by atoms with van der Waals surface area (Å²) >= 11 is 1.59. The highest BCUT2D eigenvalue weighted by Gasteiger charge is 2.66. The van der Waals surface area contributed by atoms with E-state index in [0.29, 0.717) is 17.9 Å². The van der Waals surface area contributed by atoms with E-state index in [9.17, 15) is 19.8 Å². The molecule has 0 aliphatic carbocycles. The molecular weight excluding hydrogens is 532 g/mol. The summed E-state index contributed by atoms with van der Waals surface area (Å²) < 4.78 is 17.5. The Morgan fingerprint density at radius 3 is 2.25 bits per heavy atom. The van der Waals surface area contributed by atoms with Crippen molar-refractivity contribution in [3.63, 3.8) is 0 Å². The second-order valence-electron chi connectivity index (χ2n) is 11.6. The van der Waals surface area contributed by atoms with Crippen molar-refractivity contribution in [3.8, 4) is 0 Å². The monoisotopic (exact) mass is 566 g/mol. The van der Waals surface area contributed by atoms with E-state index in [1.54, 1.807) is 32.5 Å². The lowest BCUT2D eigenvalue weighted by Crippen LogP contribution is -2.83. The van der Waals surface area contributed by atoms with Gasteiger partial charge in [-0.05, 0) is 60.4 Å². The van der Waals surface area contributed by atoms with E-state index in [-0.39, 0.29) is 13.2 Å². The molecule has 0 saturated carbocycles. The molecule has 4 aliphatic rings. The van der Waals surface area contributed by atoms with Gasteiger partial charge in [-0.2, -0.15) is 11.8 Å². The van der Waals surface area contributed by atoms with Crippen LogP contribution in [0.5, 0.6) is 0 Å². The van der Waals surface area contributed by atoms with Crippen LogP contribution in [0.3, 0.4) is 0 Å². The summed E-state index contributed by atoms with van der Waals surface area (Å²) in [6, 6.07) is 18.7. The topological polar surface area (TPSA) is 126 Å². The molecule has 4 aliphatic heterocycles. The molecule has 0 spiro atoms. The molecule has 4 N–H and O–H groups in total. The molecule has 4 heterocycles. The van der Waals surface area contributed by atoms with Crippen LogP contribution >= 0.6 is 11.8 Å². The van der Waals surface area contributed by atoms with Gasteiger partial charge >= 0.3 is 0 Å². The van der Waals surface area contributed by atoms with Crippen LogP contribution in [0.1, 0.15) is 32.8 Å². The van der Waals surface area contributed by atoms with Gasteiger partial charge in [0.15, 0.2) is 5.79 Å². The van der Waals surface area contributed by atoms with Gasteiger partial charge in [-0.25, -0.2) is 0 Å². The summed E-state index contributed by atoms with van der Waals surface area (Å²) in [5.41, 5.74) is -4.42. The molecule has 7 rings (SSSR count). The first-order valence-corrected chi connectivity index (χ1v) is 14.6. The Hall–Kier alpha value is -2.73. The van der Waals surface area contributed by atoms with Gasteiger partial charge in [-0.3, -0.25) is 9.59 Å². The van der Waals surface area contributed by atoms with Crippen LogP contribution in [0.4, 0.5) is 0 Å². The number of thioether (sulfide) groups is 1. The molecule has 3 aromatic rings. The zero-order valence-electron chi connectivity index (χ0n) is 22.7. The van der Waals surface area contributed by atoms with Crippen molar-refractivity contribution in [2.24, 2.45) is 5.92 Å². The highest BCUT2D eigenvalue weighted by molar-refractivity contribution is 7.98. The third-order valence-electron chi connectivity index (χ3n) is 8.27. The first-order chi connectivity index (χ1) is 19.0. The average molecular weight is 567 g/mol. The van der Waals surface area contributed by atoms with Crippen molar-refractivity contribution >= 4 is 45.1 Å². The van der Waals surface area contributed by atoms with Gasteiger partial charge < -0.3 is 35.1 Å². The van der Waals surface area contributed by atoms with Gasteiger partial charge in [0.2, 0.25) is 5.72 Å². The molecule has 9 nitrogen and oxygen atoms in total. The number of hydrogen-bond acceptors (Lipinski definition) is 8. The summed E-state index contributed by atoms with van der Waals surface area (Å²) in [4.78, 5) is 26.9. The quantitative estimate of drug-likeness (QED) is 0.336. The Balaban J connectivity index is 1.22. The van der Waals surface area contributed by atoms with Crippen LogP contribution in [0.2, 0.25) is 0 Å². The molecule has 0 radical (unpaired) electrons. The van der Waals surface area contributed by atoms with E-state index >= 15 is 0 Å². The fourth-order valence-corrected chi connectivity index (χ4v) is 7.47. The molecule has 40 heavy (non-hydrogen) atoms. The number of aliphatic hydroxyl groups excluding tert-OH is 1. The second kappa shape index (κ2) is 9.68. The Morgan fingerprint density at radius 1 is 0.975 bits per heavy atom. The van der Waals surface area contributed by atoms with E-state index in [2.05, 4.69) is 41.0 Å². The van der Waals surface area contributed by atoms with Crippen LogP contribution in [-0.4, -0.2) is 69.9 Å². The predicted molar refractivity (Wildman–Crippen MR) is 151 cm³/mol. The second-order valence-corrected chi connectivity index (χ2v) is 12.6. The van der Waals surface area contributed by atoms with E-state index < -0.39 is 46.7 Å². The van der Waals surface area contributed by atoms with E-state index in [4.69, 9.17) is 14.2 Å². The minimum atomic E-state index is -2.15. The first-order valence-electron chi connectivity index (χ1n) is 13.5. The maximum Gasteiger partial charge on any atom is 0.278 e. The Labute approximate surface area is 236 Å². The standard InChI is InChI=1S/C30H34N2O7S/c1-27(2)38-17-28(3,39-27)24(33)30-26(35)31-29(36,25(34)32-30)20(12-13-37-30)15-40-16-23-21-10-6-4-8-18(21)14-19-9-5-7-11-22(19)23/h4-11,14,20,24,33,36H,12-13,15-17H2,1-3H3,(H,31,35)(H,32,34)/t20?,24-,28-,29+,30-/m0/s1. The van der Waals surface area contributed by atoms with Crippen LogP contribution in [-0.2, 0) is 29.6 Å². The van der Waals surface area contributed by atoms with Gasteiger partial charge in [0, 0.05) is 17.4 Å². The Morgan fingerprint density at radius 2 is 1.62 bits per heavy atom. The highest BCUT2D eigenvalue weighted by atomic mass is 32.2. The van der Waals surface area contributed by atoms with Crippen molar-refractivity contribution in [3.05, 3.63) is 60.2 Å².